The van der Waals surface area contributed by atoms with E-state index in [1.807, 2.05) is 0 Å². The van der Waals surface area contributed by atoms with Gasteiger partial charge in [-0.3, -0.25) is 4.90 Å². The van der Waals surface area contributed by atoms with Crippen LogP contribution in [0.4, 0.5) is 0 Å². The molecule has 0 aliphatic rings. The van der Waals surface area contributed by atoms with Gasteiger partial charge in [-0.25, -0.2) is 0 Å². The molecule has 0 rings (SSSR count). The lowest BCUT2D eigenvalue weighted by molar-refractivity contribution is 0.306. The highest BCUT2D eigenvalue weighted by Crippen LogP contribution is 1.90. The first kappa shape index (κ1) is 17.2. The lowest BCUT2D eigenvalue weighted by atomic mass is 10.4. The van der Waals surface area contributed by atoms with E-state index in [0.717, 1.165) is 32.7 Å². The number of nitrogens with zero attached hydrogens (tertiary/aromatic N) is 1. The first-order valence-electron chi connectivity index (χ1n) is 4.60. The van der Waals surface area contributed by atoms with Crippen LogP contribution in [0.1, 0.15) is 0 Å². The Morgan fingerprint density at radius 2 is 1.57 bits per heavy atom. The molecular formula is C8H20Cl3N3. The maximum absolute atomic E-state index is 5.65. The van der Waals surface area contributed by atoms with Crippen LogP contribution in [0.25, 0.3) is 0 Å². The molecule has 88 valence electrons. The quantitative estimate of drug-likeness (QED) is 0.477. The summed E-state index contributed by atoms with van der Waals surface area (Å²) in [5, 5.41) is 3.23. The van der Waals surface area contributed by atoms with E-state index in [2.05, 4.69) is 10.2 Å². The van der Waals surface area contributed by atoms with E-state index >= 15 is 0 Å². The number of nitrogens with one attached hydrogen (secondary N) is 1. The van der Waals surface area contributed by atoms with Gasteiger partial charge in [-0.15, -0.1) is 35.6 Å². The van der Waals surface area contributed by atoms with Crippen LogP contribution < -0.4 is 11.1 Å². The molecule has 0 aliphatic carbocycles. The Bertz CT molecular complexity index is 99.8. The van der Waals surface area contributed by atoms with Gasteiger partial charge in [0.15, 0.2) is 0 Å². The molecule has 0 aliphatic heterocycles. The van der Waals surface area contributed by atoms with Gasteiger partial charge in [0, 0.05) is 51.0 Å². The summed E-state index contributed by atoms with van der Waals surface area (Å²) in [7, 11) is 0. The summed E-state index contributed by atoms with van der Waals surface area (Å²) in [6.45, 7) is 5.29. The van der Waals surface area contributed by atoms with Crippen LogP contribution in [0.5, 0.6) is 0 Å². The first-order valence-corrected chi connectivity index (χ1v) is 5.67. The molecule has 0 amide bonds. The average Bonchev–Trinajstić information content (AvgIpc) is 2.13. The average molecular weight is 265 g/mol. The fourth-order valence-electron chi connectivity index (χ4n) is 1.04. The predicted octanol–water partition coefficient (Wildman–Crippen LogP) is 0.736. The van der Waals surface area contributed by atoms with E-state index in [-0.39, 0.29) is 12.4 Å². The van der Waals surface area contributed by atoms with Crippen molar-refractivity contribution in [3.63, 3.8) is 0 Å². The number of halogens is 3. The van der Waals surface area contributed by atoms with Crippen molar-refractivity contribution in [1.29, 1.82) is 0 Å². The van der Waals surface area contributed by atoms with Gasteiger partial charge in [-0.05, 0) is 0 Å². The van der Waals surface area contributed by atoms with E-state index in [1.165, 1.54) is 0 Å². The van der Waals surface area contributed by atoms with E-state index in [4.69, 9.17) is 28.9 Å². The van der Waals surface area contributed by atoms with Crippen molar-refractivity contribution in [1.82, 2.24) is 10.2 Å². The number of alkyl halides is 2. The maximum Gasteiger partial charge on any atom is 0.0351 e. The molecule has 0 atom stereocenters. The Labute approximate surface area is 103 Å². The number of rotatable bonds is 9. The highest BCUT2D eigenvalue weighted by atomic mass is 35.5. The minimum absolute atomic E-state index is 0. The Balaban J connectivity index is 0. The van der Waals surface area contributed by atoms with Crippen LogP contribution in [0, 0.1) is 0 Å². The van der Waals surface area contributed by atoms with Crippen molar-refractivity contribution >= 4 is 35.6 Å². The summed E-state index contributed by atoms with van der Waals surface area (Å²) in [4.78, 5) is 2.24. The third-order valence-electron chi connectivity index (χ3n) is 1.73. The number of hydrogen-bond acceptors (Lipinski definition) is 3. The molecule has 0 spiro atoms. The van der Waals surface area contributed by atoms with Gasteiger partial charge in [0.1, 0.15) is 0 Å². The zero-order chi connectivity index (χ0) is 9.94. The second-order valence-electron chi connectivity index (χ2n) is 2.76. The van der Waals surface area contributed by atoms with Gasteiger partial charge >= 0.3 is 0 Å². The molecule has 3 nitrogen and oxygen atoms in total. The molecule has 0 fully saturated rings. The van der Waals surface area contributed by atoms with E-state index < -0.39 is 0 Å². The molecule has 0 aromatic rings. The normalized spacial score (nSPS) is 10.3. The lowest BCUT2D eigenvalue weighted by Gasteiger charge is -2.19. The largest absolute Gasteiger partial charge is 0.329 e. The molecule has 0 bridgehead atoms. The zero-order valence-corrected chi connectivity index (χ0v) is 10.7. The maximum atomic E-state index is 5.65. The van der Waals surface area contributed by atoms with Crippen molar-refractivity contribution in [2.75, 3.05) is 51.0 Å². The molecule has 0 aromatic heterocycles. The molecule has 6 heteroatoms. The zero-order valence-electron chi connectivity index (χ0n) is 8.35. The monoisotopic (exact) mass is 263 g/mol. The van der Waals surface area contributed by atoms with E-state index in [0.29, 0.717) is 18.3 Å². The molecule has 0 aromatic carbocycles. The van der Waals surface area contributed by atoms with Crippen LogP contribution in [0.2, 0.25) is 0 Å². The van der Waals surface area contributed by atoms with Gasteiger partial charge in [0.05, 0.1) is 0 Å². The number of nitrogens with two attached hydrogens (primary N) is 1. The standard InChI is InChI=1S/C8H19Cl2N3.ClH/c9-1-6-13(7-2-10)8-5-12-4-3-11;/h12H,1-8,11H2;1H. The molecule has 0 saturated heterocycles. The van der Waals surface area contributed by atoms with Crippen molar-refractivity contribution in [2.45, 2.75) is 0 Å². The molecule has 0 saturated carbocycles. The SMILES string of the molecule is Cl.NCCNCCN(CCCl)CCCl. The summed E-state index contributed by atoms with van der Waals surface area (Å²) < 4.78 is 0. The van der Waals surface area contributed by atoms with Crippen molar-refractivity contribution in [2.24, 2.45) is 5.73 Å². The van der Waals surface area contributed by atoms with Gasteiger partial charge in [0.2, 0.25) is 0 Å². The smallest absolute Gasteiger partial charge is 0.0351 e. The molecule has 0 unspecified atom stereocenters. The molecule has 0 heterocycles. The second-order valence-corrected chi connectivity index (χ2v) is 3.51. The molecular weight excluding hydrogens is 244 g/mol. The number of hydrogen-bond donors (Lipinski definition) is 2. The summed E-state index contributed by atoms with van der Waals surface area (Å²) >= 11 is 11.3. The molecule has 0 radical (unpaired) electrons. The van der Waals surface area contributed by atoms with Gasteiger partial charge in [-0.1, -0.05) is 0 Å². The lowest BCUT2D eigenvalue weighted by Crippen LogP contribution is -2.36. The van der Waals surface area contributed by atoms with E-state index in [9.17, 15) is 0 Å². The van der Waals surface area contributed by atoms with Crippen LogP contribution in [-0.2, 0) is 0 Å². The molecule has 14 heavy (non-hydrogen) atoms. The van der Waals surface area contributed by atoms with Crippen LogP contribution in [-0.4, -0.2) is 55.9 Å². The summed E-state index contributed by atoms with van der Waals surface area (Å²) in [5.74, 6) is 1.32. The van der Waals surface area contributed by atoms with E-state index in [1.54, 1.807) is 0 Å². The van der Waals surface area contributed by atoms with Crippen LogP contribution in [0.15, 0.2) is 0 Å². The highest BCUT2D eigenvalue weighted by Gasteiger charge is 2.01. The highest BCUT2D eigenvalue weighted by molar-refractivity contribution is 6.18. The van der Waals surface area contributed by atoms with Crippen LogP contribution >= 0.6 is 35.6 Å². The van der Waals surface area contributed by atoms with Gasteiger partial charge < -0.3 is 11.1 Å². The summed E-state index contributed by atoms with van der Waals surface area (Å²) in [5.41, 5.74) is 5.34. The summed E-state index contributed by atoms with van der Waals surface area (Å²) in [6, 6.07) is 0. The Morgan fingerprint density at radius 3 is 2.00 bits per heavy atom. The topological polar surface area (TPSA) is 41.3 Å². The fraction of sp³-hybridized carbons (Fsp3) is 1.00. The third kappa shape index (κ3) is 10.8. The third-order valence-corrected chi connectivity index (χ3v) is 2.07. The second kappa shape index (κ2) is 13.8. The first-order chi connectivity index (χ1) is 6.35. The summed E-state index contributed by atoms with van der Waals surface area (Å²) in [6.07, 6.45) is 0. The van der Waals surface area contributed by atoms with Gasteiger partial charge in [-0.2, -0.15) is 0 Å². The Kier molecular flexibility index (Phi) is 16.8. The van der Waals surface area contributed by atoms with Crippen molar-refractivity contribution < 1.29 is 0 Å². The Hall–Kier alpha value is 0.750. The predicted molar refractivity (Wildman–Crippen MR) is 67.1 cm³/mol. The van der Waals surface area contributed by atoms with Gasteiger partial charge in [0.25, 0.3) is 0 Å². The molecule has 3 N–H and O–H groups in total. The van der Waals surface area contributed by atoms with Crippen LogP contribution in [0.3, 0.4) is 0 Å². The van der Waals surface area contributed by atoms with Crippen molar-refractivity contribution in [3.05, 3.63) is 0 Å². The van der Waals surface area contributed by atoms with Crippen molar-refractivity contribution in [3.8, 4) is 0 Å². The minimum Gasteiger partial charge on any atom is -0.329 e. The minimum atomic E-state index is 0. The Morgan fingerprint density at radius 1 is 1.00 bits per heavy atom. The fourth-order valence-corrected chi connectivity index (χ4v) is 1.52.